The van der Waals surface area contributed by atoms with Gasteiger partial charge in [0.2, 0.25) is 11.7 Å². The number of hydrogen-bond acceptors (Lipinski definition) is 6. The van der Waals surface area contributed by atoms with Crippen molar-refractivity contribution in [2.45, 2.75) is 46.1 Å². The summed E-state index contributed by atoms with van der Waals surface area (Å²) in [5, 5.41) is 3.71. The number of benzene rings is 5. The predicted octanol–water partition coefficient (Wildman–Crippen LogP) is 11.0. The fourth-order valence-corrected chi connectivity index (χ4v) is 6.21. The maximum Gasteiger partial charge on any atom is 0.338 e. The third-order valence-corrected chi connectivity index (χ3v) is 8.90. The summed E-state index contributed by atoms with van der Waals surface area (Å²) < 4.78 is 86.3. The molecule has 0 saturated heterocycles. The van der Waals surface area contributed by atoms with Crippen molar-refractivity contribution in [1.29, 1.82) is 0 Å². The Bertz CT molecular complexity index is 2360. The molecule has 0 amide bonds. The predicted molar refractivity (Wildman–Crippen MR) is 182 cm³/mol. The highest BCUT2D eigenvalue weighted by atomic mass is 19.2. The number of aromatic nitrogens is 1. The molecule has 0 aliphatic rings. The van der Waals surface area contributed by atoms with E-state index in [2.05, 4.69) is 36.9 Å². The molecule has 0 bridgehead atoms. The van der Waals surface area contributed by atoms with Crippen molar-refractivity contribution >= 4 is 55.5 Å². The van der Waals surface area contributed by atoms with Gasteiger partial charge in [-0.1, -0.05) is 51.0 Å². The van der Waals surface area contributed by atoms with Crippen LogP contribution in [0.15, 0.2) is 75.6 Å². The van der Waals surface area contributed by atoms with Crippen molar-refractivity contribution in [3.05, 3.63) is 107 Å². The molecule has 0 aliphatic heterocycles. The Balaban J connectivity index is 1.22. The second-order valence-corrected chi connectivity index (χ2v) is 12.1. The zero-order valence-electron chi connectivity index (χ0n) is 27.2. The van der Waals surface area contributed by atoms with E-state index in [-0.39, 0.29) is 11.5 Å². The molecule has 2 heterocycles. The summed E-state index contributed by atoms with van der Waals surface area (Å²) in [6, 6.07) is 20.1. The first-order valence-electron chi connectivity index (χ1n) is 16.4. The molecule has 0 radical (unpaired) electrons. The molecule has 0 fully saturated rings. The van der Waals surface area contributed by atoms with E-state index in [4.69, 9.17) is 18.6 Å². The molecule has 7 rings (SSSR count). The Morgan fingerprint density at radius 2 is 1.38 bits per heavy atom. The summed E-state index contributed by atoms with van der Waals surface area (Å²) in [7, 11) is 0. The van der Waals surface area contributed by atoms with Crippen LogP contribution >= 0.6 is 0 Å². The number of hydrogen-bond donors (Lipinski definition) is 0. The minimum Gasteiger partial charge on any atom is -0.457 e. The van der Waals surface area contributed by atoms with Gasteiger partial charge in [0, 0.05) is 46.6 Å². The quantitative estimate of drug-likeness (QED) is 0.0584. The zero-order chi connectivity index (χ0) is 35.1. The molecule has 2 aromatic heterocycles. The van der Waals surface area contributed by atoms with Gasteiger partial charge in [0.25, 0.3) is 0 Å². The van der Waals surface area contributed by atoms with Gasteiger partial charge in [0.1, 0.15) is 17.7 Å². The largest absolute Gasteiger partial charge is 0.457 e. The van der Waals surface area contributed by atoms with Crippen LogP contribution in [0.2, 0.25) is 0 Å². The van der Waals surface area contributed by atoms with Crippen molar-refractivity contribution in [3.63, 3.8) is 0 Å². The molecule has 7 aromatic rings. The number of rotatable bonds is 11. The van der Waals surface area contributed by atoms with Crippen LogP contribution in [0.4, 0.5) is 27.6 Å². The van der Waals surface area contributed by atoms with Gasteiger partial charge in [-0.2, -0.15) is 0 Å². The molecule has 0 aliphatic carbocycles. The maximum atomic E-state index is 14.0. The number of ether oxygens (including phenoxy) is 1. The van der Waals surface area contributed by atoms with E-state index in [0.717, 1.165) is 71.6 Å². The second-order valence-electron chi connectivity index (χ2n) is 12.1. The fourth-order valence-electron chi connectivity index (χ4n) is 6.21. The van der Waals surface area contributed by atoms with E-state index in [0.29, 0.717) is 22.2 Å². The summed E-state index contributed by atoms with van der Waals surface area (Å²) in [6.45, 7) is 5.13. The van der Waals surface area contributed by atoms with Crippen LogP contribution in [0.25, 0.3) is 55.3 Å². The van der Waals surface area contributed by atoms with Crippen LogP contribution in [0.3, 0.4) is 0 Å². The number of oxazole rings is 1. The number of furan rings is 1. The van der Waals surface area contributed by atoms with Crippen LogP contribution in [0.5, 0.6) is 0 Å². The molecule has 0 N–H and O–H groups in total. The van der Waals surface area contributed by atoms with E-state index in [1.54, 1.807) is 12.1 Å². The van der Waals surface area contributed by atoms with Gasteiger partial charge in [-0.15, -0.1) is 0 Å². The van der Waals surface area contributed by atoms with E-state index >= 15 is 0 Å². The molecule has 0 unspecified atom stereocenters. The first-order valence-corrected chi connectivity index (χ1v) is 16.4. The average molecular weight is 687 g/mol. The lowest BCUT2D eigenvalue weighted by Crippen LogP contribution is -2.25. The SMILES string of the molecule is CCCCN(CCCC)c1ccc2c(c1)oc1c3oc(-c4ccc(C(=O)OCc5c(F)c(F)c(F)c(F)c5F)cc4)nc3c3ccccc3c21. The molecular formula is C39H31F5N2O4. The lowest BCUT2D eigenvalue weighted by Gasteiger charge is -2.24. The number of unbranched alkanes of at least 4 members (excludes halogenated alkanes) is 2. The van der Waals surface area contributed by atoms with Crippen LogP contribution in [-0.2, 0) is 11.3 Å². The minimum atomic E-state index is -2.29. The summed E-state index contributed by atoms with van der Waals surface area (Å²) in [5.41, 5.74) is 2.70. The standard InChI is InChI=1S/C39H31F5N2O4/c1-3-5-17-46(18-6-4-2)23-15-16-26-28(19-23)49-36-29(26)24-9-7-8-10-25(24)35-37(36)50-38(45-35)21-11-13-22(14-12-21)39(47)48-20-27-30(40)32(42)34(44)33(43)31(27)41/h7-16,19H,3-6,17-18,20H2,1-2H3. The number of halogens is 5. The molecule has 50 heavy (non-hydrogen) atoms. The number of esters is 1. The molecule has 0 atom stereocenters. The average Bonchev–Trinajstić information content (AvgIpc) is 3.76. The number of anilines is 1. The van der Waals surface area contributed by atoms with Gasteiger partial charge in [-0.3, -0.25) is 0 Å². The summed E-state index contributed by atoms with van der Waals surface area (Å²) in [5.74, 6) is -11.4. The monoisotopic (exact) mass is 686 g/mol. The number of carbonyl (C=O) groups excluding carboxylic acids is 1. The van der Waals surface area contributed by atoms with Crippen LogP contribution in [0.1, 0.15) is 55.5 Å². The molecule has 6 nitrogen and oxygen atoms in total. The van der Waals surface area contributed by atoms with Crippen LogP contribution in [0, 0.1) is 29.1 Å². The first-order chi connectivity index (χ1) is 24.2. The highest BCUT2D eigenvalue weighted by molar-refractivity contribution is 6.28. The molecule has 256 valence electrons. The summed E-state index contributed by atoms with van der Waals surface area (Å²) in [4.78, 5) is 19.8. The third kappa shape index (κ3) is 5.70. The normalized spacial score (nSPS) is 11.7. The van der Waals surface area contributed by atoms with E-state index < -0.39 is 47.2 Å². The molecule has 11 heteroatoms. The second kappa shape index (κ2) is 13.5. The van der Waals surface area contributed by atoms with Crippen LogP contribution in [-0.4, -0.2) is 24.0 Å². The molecule has 5 aromatic carbocycles. The third-order valence-electron chi connectivity index (χ3n) is 8.90. The Labute approximate surface area is 283 Å². The van der Waals surface area contributed by atoms with E-state index in [1.807, 2.05) is 24.3 Å². The van der Waals surface area contributed by atoms with Gasteiger partial charge in [0.15, 0.2) is 34.4 Å². The number of fused-ring (bicyclic) bond motifs is 8. The molecule has 0 spiro atoms. The van der Waals surface area contributed by atoms with Crippen molar-refractivity contribution < 1.29 is 40.3 Å². The lowest BCUT2D eigenvalue weighted by molar-refractivity contribution is 0.0462. The Morgan fingerprint density at radius 3 is 2.04 bits per heavy atom. The van der Waals surface area contributed by atoms with Gasteiger partial charge < -0.3 is 18.5 Å². The summed E-state index contributed by atoms with van der Waals surface area (Å²) >= 11 is 0. The zero-order valence-corrected chi connectivity index (χ0v) is 27.2. The van der Waals surface area contributed by atoms with Crippen molar-refractivity contribution in [2.24, 2.45) is 0 Å². The van der Waals surface area contributed by atoms with Gasteiger partial charge in [-0.25, -0.2) is 31.7 Å². The number of carbonyl (C=O) groups is 1. The highest BCUT2D eigenvalue weighted by Gasteiger charge is 2.27. The topological polar surface area (TPSA) is 68.7 Å². The number of nitrogens with zero attached hydrogens (tertiary/aromatic N) is 2. The van der Waals surface area contributed by atoms with Gasteiger partial charge in [0.05, 0.1) is 11.1 Å². The van der Waals surface area contributed by atoms with Gasteiger partial charge >= 0.3 is 5.97 Å². The highest BCUT2D eigenvalue weighted by Crippen LogP contribution is 2.43. The summed E-state index contributed by atoms with van der Waals surface area (Å²) in [6.07, 6.45) is 4.39. The Morgan fingerprint density at radius 1 is 0.740 bits per heavy atom. The van der Waals surface area contributed by atoms with Gasteiger partial charge in [-0.05, 0) is 54.6 Å². The van der Waals surface area contributed by atoms with Crippen molar-refractivity contribution in [3.8, 4) is 11.5 Å². The molecular weight excluding hydrogens is 655 g/mol. The van der Waals surface area contributed by atoms with Crippen molar-refractivity contribution in [2.75, 3.05) is 18.0 Å². The Hall–Kier alpha value is -5.45. The van der Waals surface area contributed by atoms with Crippen molar-refractivity contribution in [1.82, 2.24) is 4.98 Å². The Kier molecular flexibility index (Phi) is 8.90. The van der Waals surface area contributed by atoms with Crippen LogP contribution < -0.4 is 4.90 Å². The minimum absolute atomic E-state index is 0.0263. The molecule has 0 saturated carbocycles. The fraction of sp³-hybridized carbons (Fsp3) is 0.231. The van der Waals surface area contributed by atoms with E-state index in [9.17, 15) is 26.7 Å². The maximum absolute atomic E-state index is 14.0. The van der Waals surface area contributed by atoms with E-state index in [1.165, 1.54) is 12.1 Å². The lowest BCUT2D eigenvalue weighted by atomic mass is 10.0. The first kappa shape index (κ1) is 33.1. The smallest absolute Gasteiger partial charge is 0.338 e.